The summed E-state index contributed by atoms with van der Waals surface area (Å²) in [4.78, 5) is 11.2. The minimum absolute atomic E-state index is 0.359. The number of primary amides is 1. The van der Waals surface area contributed by atoms with Gasteiger partial charge in [-0.25, -0.2) is 0 Å². The second kappa shape index (κ2) is 5.76. The number of aryl methyl sites for hydroxylation is 1. The number of hydrogen-bond donors (Lipinski definition) is 1. The Balaban J connectivity index is 2.99. The van der Waals surface area contributed by atoms with Gasteiger partial charge in [-0.2, -0.15) is 0 Å². The molecule has 0 saturated carbocycles. The van der Waals surface area contributed by atoms with E-state index < -0.39 is 0 Å². The number of amides is 1. The third-order valence-electron chi connectivity index (χ3n) is 2.39. The van der Waals surface area contributed by atoms with Gasteiger partial charge in [-0.15, -0.1) is 11.6 Å². The molecule has 0 bridgehead atoms. The van der Waals surface area contributed by atoms with E-state index in [1.807, 2.05) is 12.1 Å². The van der Waals surface area contributed by atoms with Crippen molar-refractivity contribution < 1.29 is 4.79 Å². The zero-order chi connectivity index (χ0) is 11.3. The van der Waals surface area contributed by atoms with Crippen LogP contribution >= 0.6 is 11.6 Å². The molecule has 0 radical (unpaired) electrons. The third-order valence-corrected chi connectivity index (χ3v) is 2.70. The molecule has 0 atom stereocenters. The summed E-state index contributed by atoms with van der Waals surface area (Å²) in [6.07, 6.45) is 3.05. The molecule has 0 aliphatic carbocycles. The highest BCUT2D eigenvalue weighted by Gasteiger charge is 2.08. The Hall–Kier alpha value is -1.02. The zero-order valence-corrected chi connectivity index (χ0v) is 9.68. The first-order valence-electron chi connectivity index (χ1n) is 5.16. The largest absolute Gasteiger partial charge is 0.366 e. The fourth-order valence-electron chi connectivity index (χ4n) is 1.54. The lowest BCUT2D eigenvalue weighted by Gasteiger charge is -2.07. The van der Waals surface area contributed by atoms with Crippen molar-refractivity contribution in [3.8, 4) is 0 Å². The topological polar surface area (TPSA) is 43.1 Å². The first kappa shape index (κ1) is 12.1. The Morgan fingerprint density at radius 1 is 1.47 bits per heavy atom. The highest BCUT2D eigenvalue weighted by Crippen LogP contribution is 2.16. The second-order valence-electron chi connectivity index (χ2n) is 3.59. The van der Waals surface area contributed by atoms with Crippen molar-refractivity contribution in [3.63, 3.8) is 0 Å². The van der Waals surface area contributed by atoms with E-state index in [4.69, 9.17) is 17.3 Å². The van der Waals surface area contributed by atoms with Gasteiger partial charge in [0.15, 0.2) is 0 Å². The van der Waals surface area contributed by atoms with E-state index in [0.29, 0.717) is 11.4 Å². The summed E-state index contributed by atoms with van der Waals surface area (Å²) in [6.45, 7) is 2.12. The molecule has 0 saturated heterocycles. The van der Waals surface area contributed by atoms with E-state index in [2.05, 4.69) is 6.92 Å². The maximum atomic E-state index is 11.2. The van der Waals surface area contributed by atoms with E-state index >= 15 is 0 Å². The summed E-state index contributed by atoms with van der Waals surface area (Å²) in [5.41, 5.74) is 7.98. The lowest BCUT2D eigenvalue weighted by Crippen LogP contribution is -2.14. The molecular weight excluding hydrogens is 210 g/mol. The van der Waals surface area contributed by atoms with Crippen LogP contribution in [0.2, 0.25) is 0 Å². The summed E-state index contributed by atoms with van der Waals surface area (Å²) < 4.78 is 0. The molecule has 82 valence electrons. The maximum Gasteiger partial charge on any atom is 0.248 e. The molecule has 0 aliphatic heterocycles. The van der Waals surface area contributed by atoms with Crippen LogP contribution in [0.3, 0.4) is 0 Å². The van der Waals surface area contributed by atoms with Crippen LogP contribution in [0, 0.1) is 0 Å². The van der Waals surface area contributed by atoms with Crippen LogP contribution in [-0.4, -0.2) is 5.91 Å². The number of benzene rings is 1. The minimum atomic E-state index is -0.359. The number of rotatable bonds is 5. The van der Waals surface area contributed by atoms with Crippen molar-refractivity contribution >= 4 is 17.5 Å². The number of hydrogen-bond acceptors (Lipinski definition) is 1. The summed E-state index contributed by atoms with van der Waals surface area (Å²) in [5.74, 6) is 0.111. The van der Waals surface area contributed by atoms with E-state index in [9.17, 15) is 4.79 Å². The average molecular weight is 226 g/mol. The van der Waals surface area contributed by atoms with Crippen LogP contribution in [-0.2, 0) is 12.3 Å². The fourth-order valence-corrected chi connectivity index (χ4v) is 1.71. The van der Waals surface area contributed by atoms with Crippen LogP contribution in [0.15, 0.2) is 18.2 Å². The van der Waals surface area contributed by atoms with Crippen LogP contribution in [0.25, 0.3) is 0 Å². The molecule has 15 heavy (non-hydrogen) atoms. The SMILES string of the molecule is CCCCc1cc(CCl)ccc1C(N)=O. The van der Waals surface area contributed by atoms with E-state index in [1.54, 1.807) is 6.07 Å². The van der Waals surface area contributed by atoms with Crippen LogP contribution < -0.4 is 5.73 Å². The molecule has 2 nitrogen and oxygen atoms in total. The number of alkyl halides is 1. The highest BCUT2D eigenvalue weighted by molar-refractivity contribution is 6.17. The average Bonchev–Trinajstić information content (AvgIpc) is 2.25. The van der Waals surface area contributed by atoms with E-state index in [1.165, 1.54) is 0 Å². The van der Waals surface area contributed by atoms with Crippen LogP contribution in [0.1, 0.15) is 41.3 Å². The summed E-state index contributed by atoms with van der Waals surface area (Å²) in [5, 5.41) is 0. The fraction of sp³-hybridized carbons (Fsp3) is 0.417. The molecule has 1 aromatic rings. The molecule has 3 heteroatoms. The van der Waals surface area contributed by atoms with Gasteiger partial charge in [-0.05, 0) is 30.0 Å². The Kier molecular flexibility index (Phi) is 4.63. The maximum absolute atomic E-state index is 11.2. The molecule has 0 aromatic heterocycles. The lowest BCUT2D eigenvalue weighted by molar-refractivity contribution is 0.0999. The molecule has 0 heterocycles. The Labute approximate surface area is 95.4 Å². The van der Waals surface area contributed by atoms with E-state index in [0.717, 1.165) is 30.4 Å². The zero-order valence-electron chi connectivity index (χ0n) is 8.92. The third kappa shape index (κ3) is 3.24. The molecule has 0 spiro atoms. The molecule has 1 aromatic carbocycles. The van der Waals surface area contributed by atoms with Crippen LogP contribution in [0.4, 0.5) is 0 Å². The number of carbonyl (C=O) groups is 1. The standard InChI is InChI=1S/C12H16ClNO/c1-2-3-4-10-7-9(8-13)5-6-11(10)12(14)15/h5-7H,2-4,8H2,1H3,(H2,14,15). The molecule has 1 rings (SSSR count). The van der Waals surface area contributed by atoms with Crippen molar-refractivity contribution in [3.05, 3.63) is 34.9 Å². The van der Waals surface area contributed by atoms with Gasteiger partial charge in [0, 0.05) is 11.4 Å². The Morgan fingerprint density at radius 2 is 2.20 bits per heavy atom. The van der Waals surface area contributed by atoms with Crippen molar-refractivity contribution in [2.24, 2.45) is 5.73 Å². The van der Waals surface area contributed by atoms with Gasteiger partial charge >= 0.3 is 0 Å². The Bertz CT molecular complexity index is 349. The first-order chi connectivity index (χ1) is 7.19. The normalized spacial score (nSPS) is 10.3. The molecular formula is C12H16ClNO. The molecule has 1 amide bonds. The monoisotopic (exact) mass is 225 g/mol. The summed E-state index contributed by atoms with van der Waals surface area (Å²) in [7, 11) is 0. The first-order valence-corrected chi connectivity index (χ1v) is 5.70. The smallest absolute Gasteiger partial charge is 0.248 e. The number of carbonyl (C=O) groups excluding carboxylic acids is 1. The van der Waals surface area contributed by atoms with Crippen molar-refractivity contribution in [2.75, 3.05) is 0 Å². The summed E-state index contributed by atoms with van der Waals surface area (Å²) >= 11 is 5.75. The molecule has 0 fully saturated rings. The second-order valence-corrected chi connectivity index (χ2v) is 3.86. The van der Waals surface area contributed by atoms with Gasteiger partial charge < -0.3 is 5.73 Å². The van der Waals surface area contributed by atoms with Crippen molar-refractivity contribution in [1.82, 2.24) is 0 Å². The quantitative estimate of drug-likeness (QED) is 0.770. The predicted molar refractivity (Wildman–Crippen MR) is 63.1 cm³/mol. The van der Waals surface area contributed by atoms with Crippen LogP contribution in [0.5, 0.6) is 0 Å². The van der Waals surface area contributed by atoms with Gasteiger partial charge in [0.25, 0.3) is 0 Å². The van der Waals surface area contributed by atoms with E-state index in [-0.39, 0.29) is 5.91 Å². The number of nitrogens with two attached hydrogens (primary N) is 1. The van der Waals surface area contributed by atoms with Crippen molar-refractivity contribution in [1.29, 1.82) is 0 Å². The van der Waals surface area contributed by atoms with Gasteiger partial charge in [0.1, 0.15) is 0 Å². The minimum Gasteiger partial charge on any atom is -0.366 e. The number of unbranched alkanes of at least 4 members (excludes halogenated alkanes) is 1. The number of halogens is 1. The van der Waals surface area contributed by atoms with Gasteiger partial charge in [0.05, 0.1) is 0 Å². The lowest BCUT2D eigenvalue weighted by atomic mass is 9.99. The summed E-state index contributed by atoms with van der Waals surface area (Å²) in [6, 6.07) is 5.59. The van der Waals surface area contributed by atoms with Gasteiger partial charge in [-0.1, -0.05) is 25.5 Å². The molecule has 0 aliphatic rings. The predicted octanol–water partition coefficient (Wildman–Crippen LogP) is 2.87. The van der Waals surface area contributed by atoms with Crippen molar-refractivity contribution in [2.45, 2.75) is 32.1 Å². The Morgan fingerprint density at radius 3 is 2.73 bits per heavy atom. The van der Waals surface area contributed by atoms with Gasteiger partial charge in [-0.3, -0.25) is 4.79 Å². The highest BCUT2D eigenvalue weighted by atomic mass is 35.5. The van der Waals surface area contributed by atoms with Gasteiger partial charge in [0.2, 0.25) is 5.91 Å². The molecule has 2 N–H and O–H groups in total. The molecule has 0 unspecified atom stereocenters.